The normalized spacial score (nSPS) is 12.5. The lowest BCUT2D eigenvalue weighted by Crippen LogP contribution is -2.25. The minimum atomic E-state index is -0.167. The second kappa shape index (κ2) is 6.28. The van der Waals surface area contributed by atoms with Gasteiger partial charge in [-0.1, -0.05) is 18.2 Å². The van der Waals surface area contributed by atoms with Gasteiger partial charge in [0, 0.05) is 12.5 Å². The van der Waals surface area contributed by atoms with Crippen LogP contribution in [0.15, 0.2) is 30.3 Å². The number of esters is 1. The van der Waals surface area contributed by atoms with Crippen LogP contribution in [-0.2, 0) is 4.79 Å². The summed E-state index contributed by atoms with van der Waals surface area (Å²) in [6, 6.07) is 9.56. The molecule has 1 aromatic rings. The predicted octanol–water partition coefficient (Wildman–Crippen LogP) is 2.32. The molecule has 0 heterocycles. The van der Waals surface area contributed by atoms with E-state index in [4.69, 9.17) is 4.74 Å². The van der Waals surface area contributed by atoms with Crippen LogP contribution in [-0.4, -0.2) is 31.0 Å². The van der Waals surface area contributed by atoms with Crippen molar-refractivity contribution >= 4 is 5.97 Å². The monoisotopic (exact) mass is 221 g/mol. The zero-order chi connectivity index (χ0) is 12.0. The van der Waals surface area contributed by atoms with E-state index in [0.29, 0.717) is 18.2 Å². The van der Waals surface area contributed by atoms with Crippen LogP contribution in [0.4, 0.5) is 0 Å². The van der Waals surface area contributed by atoms with Gasteiger partial charge in [0.15, 0.2) is 0 Å². The first-order valence-electron chi connectivity index (χ1n) is 5.51. The van der Waals surface area contributed by atoms with E-state index < -0.39 is 0 Å². The molecule has 1 aromatic carbocycles. The van der Waals surface area contributed by atoms with Gasteiger partial charge in [-0.05, 0) is 39.6 Å². The van der Waals surface area contributed by atoms with Crippen LogP contribution in [0.5, 0.6) is 5.75 Å². The number of nitrogens with zero attached hydrogens (tertiary/aromatic N) is 1. The molecule has 0 fully saturated rings. The van der Waals surface area contributed by atoms with Crippen molar-refractivity contribution in [2.24, 2.45) is 0 Å². The maximum absolute atomic E-state index is 11.5. The highest BCUT2D eigenvalue weighted by atomic mass is 16.5. The quantitative estimate of drug-likeness (QED) is 0.564. The van der Waals surface area contributed by atoms with E-state index in [1.165, 1.54) is 0 Å². The number of hydrogen-bond donors (Lipinski definition) is 0. The average Bonchev–Trinajstić information content (AvgIpc) is 2.27. The predicted molar refractivity (Wildman–Crippen MR) is 64.5 cm³/mol. The van der Waals surface area contributed by atoms with Crippen molar-refractivity contribution in [3.63, 3.8) is 0 Å². The van der Waals surface area contributed by atoms with Gasteiger partial charge in [-0.3, -0.25) is 4.79 Å². The molecule has 88 valence electrons. The highest BCUT2D eigenvalue weighted by Gasteiger charge is 2.09. The van der Waals surface area contributed by atoms with Crippen molar-refractivity contribution in [2.45, 2.75) is 25.8 Å². The molecule has 3 heteroatoms. The Kier molecular flexibility index (Phi) is 4.99. The molecule has 1 rings (SSSR count). The van der Waals surface area contributed by atoms with Crippen LogP contribution in [0.25, 0.3) is 0 Å². The van der Waals surface area contributed by atoms with Gasteiger partial charge in [0.05, 0.1) is 0 Å². The summed E-state index contributed by atoms with van der Waals surface area (Å²) in [6.45, 7) is 2.09. The Hall–Kier alpha value is -1.35. The zero-order valence-electron chi connectivity index (χ0n) is 10.1. The highest BCUT2D eigenvalue weighted by Crippen LogP contribution is 2.10. The molecule has 3 nitrogen and oxygen atoms in total. The Morgan fingerprint density at radius 2 is 1.94 bits per heavy atom. The number of carbonyl (C=O) groups excluding carboxylic acids is 1. The molecule has 0 N–H and O–H groups in total. The SMILES string of the molecule is CC(CCC(=O)Oc1ccccc1)N(C)C. The number of benzene rings is 1. The minimum absolute atomic E-state index is 0.167. The highest BCUT2D eigenvalue weighted by molar-refractivity contribution is 5.72. The number of rotatable bonds is 5. The van der Waals surface area contributed by atoms with Crippen molar-refractivity contribution in [3.05, 3.63) is 30.3 Å². The molecular weight excluding hydrogens is 202 g/mol. The van der Waals surface area contributed by atoms with Crippen molar-refractivity contribution < 1.29 is 9.53 Å². The molecule has 0 spiro atoms. The molecule has 0 aliphatic carbocycles. The van der Waals surface area contributed by atoms with E-state index >= 15 is 0 Å². The van der Waals surface area contributed by atoms with Crippen LogP contribution in [0.2, 0.25) is 0 Å². The van der Waals surface area contributed by atoms with Gasteiger partial charge in [-0.25, -0.2) is 0 Å². The van der Waals surface area contributed by atoms with Gasteiger partial charge >= 0.3 is 5.97 Å². The molecule has 0 saturated carbocycles. The number of carbonyl (C=O) groups is 1. The van der Waals surface area contributed by atoms with Crippen molar-refractivity contribution in [1.82, 2.24) is 4.90 Å². The van der Waals surface area contributed by atoms with Crippen LogP contribution in [0, 0.1) is 0 Å². The van der Waals surface area contributed by atoms with Crippen molar-refractivity contribution in [2.75, 3.05) is 14.1 Å². The molecule has 1 atom stereocenters. The second-order valence-corrected chi connectivity index (χ2v) is 4.14. The first-order chi connectivity index (χ1) is 7.59. The average molecular weight is 221 g/mol. The smallest absolute Gasteiger partial charge is 0.311 e. The third-order valence-electron chi connectivity index (χ3n) is 2.62. The molecule has 0 radical (unpaired) electrons. The van der Waals surface area contributed by atoms with Gasteiger partial charge in [0.25, 0.3) is 0 Å². The van der Waals surface area contributed by atoms with E-state index in [1.54, 1.807) is 12.1 Å². The summed E-state index contributed by atoms with van der Waals surface area (Å²) in [5.41, 5.74) is 0. The van der Waals surface area contributed by atoms with E-state index in [2.05, 4.69) is 11.8 Å². The maximum atomic E-state index is 11.5. The fraction of sp³-hybridized carbons (Fsp3) is 0.462. The molecule has 0 bridgehead atoms. The van der Waals surface area contributed by atoms with Crippen LogP contribution in [0.3, 0.4) is 0 Å². The summed E-state index contributed by atoms with van der Waals surface area (Å²) >= 11 is 0. The van der Waals surface area contributed by atoms with Crippen molar-refractivity contribution in [1.29, 1.82) is 0 Å². The molecule has 0 aliphatic heterocycles. The summed E-state index contributed by atoms with van der Waals surface area (Å²) in [7, 11) is 4.01. The third-order valence-corrected chi connectivity index (χ3v) is 2.62. The first kappa shape index (κ1) is 12.7. The van der Waals surface area contributed by atoms with Gasteiger partial charge < -0.3 is 9.64 Å². The van der Waals surface area contributed by atoms with Crippen LogP contribution >= 0.6 is 0 Å². The standard InChI is InChI=1S/C13H19NO2/c1-11(14(2)3)9-10-13(15)16-12-7-5-4-6-8-12/h4-8,11H,9-10H2,1-3H3. The third kappa shape index (κ3) is 4.45. The summed E-state index contributed by atoms with van der Waals surface area (Å²) in [5.74, 6) is 0.449. The second-order valence-electron chi connectivity index (χ2n) is 4.14. The van der Waals surface area contributed by atoms with Crippen LogP contribution in [0.1, 0.15) is 19.8 Å². The zero-order valence-corrected chi connectivity index (χ0v) is 10.1. The fourth-order valence-electron chi connectivity index (χ4n) is 1.26. The Labute approximate surface area is 97.0 Å². The topological polar surface area (TPSA) is 29.5 Å². The lowest BCUT2D eigenvalue weighted by molar-refractivity contribution is -0.134. The Morgan fingerprint density at radius 3 is 2.50 bits per heavy atom. The van der Waals surface area contributed by atoms with Crippen LogP contribution < -0.4 is 4.74 Å². The van der Waals surface area contributed by atoms with Gasteiger partial charge in [-0.15, -0.1) is 0 Å². The number of para-hydroxylation sites is 1. The first-order valence-corrected chi connectivity index (χ1v) is 5.51. The Balaban J connectivity index is 2.32. The fourth-order valence-corrected chi connectivity index (χ4v) is 1.26. The Bertz CT molecular complexity index is 322. The minimum Gasteiger partial charge on any atom is -0.427 e. The van der Waals surface area contributed by atoms with Gasteiger partial charge in [-0.2, -0.15) is 0 Å². The Morgan fingerprint density at radius 1 is 1.31 bits per heavy atom. The van der Waals surface area contributed by atoms with Gasteiger partial charge in [0.1, 0.15) is 5.75 Å². The molecule has 1 unspecified atom stereocenters. The summed E-state index contributed by atoms with van der Waals surface area (Å²) in [5, 5.41) is 0. The van der Waals surface area contributed by atoms with E-state index in [9.17, 15) is 4.79 Å². The number of ether oxygens (including phenoxy) is 1. The van der Waals surface area contributed by atoms with Gasteiger partial charge in [0.2, 0.25) is 0 Å². The maximum Gasteiger partial charge on any atom is 0.311 e. The van der Waals surface area contributed by atoms with E-state index in [-0.39, 0.29) is 5.97 Å². The molecule has 0 aromatic heterocycles. The van der Waals surface area contributed by atoms with Crippen molar-refractivity contribution in [3.8, 4) is 5.75 Å². The number of hydrogen-bond acceptors (Lipinski definition) is 3. The largest absolute Gasteiger partial charge is 0.427 e. The summed E-state index contributed by atoms with van der Waals surface area (Å²) < 4.78 is 5.19. The molecule has 0 saturated heterocycles. The molecular formula is C13H19NO2. The summed E-state index contributed by atoms with van der Waals surface area (Å²) in [4.78, 5) is 13.6. The summed E-state index contributed by atoms with van der Waals surface area (Å²) in [6.07, 6.45) is 1.27. The molecule has 16 heavy (non-hydrogen) atoms. The molecule has 0 aliphatic rings. The van der Waals surface area contributed by atoms with E-state index in [0.717, 1.165) is 6.42 Å². The van der Waals surface area contributed by atoms with E-state index in [1.807, 2.05) is 32.3 Å². The molecule has 0 amide bonds. The lowest BCUT2D eigenvalue weighted by Gasteiger charge is -2.18. The lowest BCUT2D eigenvalue weighted by atomic mass is 10.2.